The maximum Gasteiger partial charge on any atom is 0.260 e. The molecule has 1 heterocycles. The quantitative estimate of drug-likeness (QED) is 0.699. The Morgan fingerprint density at radius 2 is 2.24 bits per heavy atom. The van der Waals surface area contributed by atoms with Crippen molar-refractivity contribution in [1.29, 1.82) is 5.26 Å². The molecule has 1 atom stereocenters. The molecule has 0 aromatic heterocycles. The zero-order valence-electron chi connectivity index (χ0n) is 13.8. The molecule has 1 fully saturated rings. The first kappa shape index (κ1) is 19.5. The van der Waals surface area contributed by atoms with Crippen molar-refractivity contribution in [3.05, 3.63) is 28.8 Å². The van der Waals surface area contributed by atoms with Gasteiger partial charge in [0.15, 0.2) is 16.4 Å². The minimum Gasteiger partial charge on any atom is -0.482 e. The number of carbonyl (C=O) groups is 1. The van der Waals surface area contributed by atoms with Crippen LogP contribution in [-0.2, 0) is 19.4 Å². The summed E-state index contributed by atoms with van der Waals surface area (Å²) in [6.07, 6.45) is 0.412. The standard InChI is InChI=1S/C16H19ClN2O5S/c1-23-6-5-19(13-4-7-25(21,22)11-13)16(20)10-24-15-3-2-12(9-18)8-14(15)17/h2-3,8,13H,4-7,10-11H2,1H3/t13-/m1/s1. The van der Waals surface area contributed by atoms with Gasteiger partial charge in [0.1, 0.15) is 5.75 Å². The van der Waals surface area contributed by atoms with E-state index in [1.54, 1.807) is 0 Å². The highest BCUT2D eigenvalue weighted by molar-refractivity contribution is 7.91. The molecule has 0 aliphatic carbocycles. The number of amides is 1. The summed E-state index contributed by atoms with van der Waals surface area (Å²) in [4.78, 5) is 14.0. The molecule has 0 radical (unpaired) electrons. The molecular formula is C16H19ClN2O5S. The van der Waals surface area contributed by atoms with E-state index in [-0.39, 0.29) is 35.1 Å². The van der Waals surface area contributed by atoms with Crippen molar-refractivity contribution in [1.82, 2.24) is 4.90 Å². The Hall–Kier alpha value is -1.82. The van der Waals surface area contributed by atoms with E-state index in [1.807, 2.05) is 6.07 Å². The van der Waals surface area contributed by atoms with Gasteiger partial charge in [-0.2, -0.15) is 5.26 Å². The summed E-state index contributed by atoms with van der Waals surface area (Å²) in [6, 6.07) is 6.11. The highest BCUT2D eigenvalue weighted by Crippen LogP contribution is 2.25. The minimum atomic E-state index is -3.11. The van der Waals surface area contributed by atoms with E-state index in [0.29, 0.717) is 30.9 Å². The van der Waals surface area contributed by atoms with Crippen LogP contribution in [0.25, 0.3) is 0 Å². The van der Waals surface area contributed by atoms with E-state index in [4.69, 9.17) is 26.3 Å². The van der Waals surface area contributed by atoms with Crippen LogP contribution >= 0.6 is 11.6 Å². The van der Waals surface area contributed by atoms with Crippen LogP contribution in [0.15, 0.2) is 18.2 Å². The van der Waals surface area contributed by atoms with Crippen molar-refractivity contribution < 1.29 is 22.7 Å². The molecule has 1 aliphatic heterocycles. The van der Waals surface area contributed by atoms with E-state index < -0.39 is 9.84 Å². The van der Waals surface area contributed by atoms with Crippen molar-refractivity contribution in [3.8, 4) is 11.8 Å². The number of rotatable bonds is 7. The van der Waals surface area contributed by atoms with Gasteiger partial charge in [0.2, 0.25) is 0 Å². The molecule has 25 heavy (non-hydrogen) atoms. The molecule has 9 heteroatoms. The Labute approximate surface area is 152 Å². The second-order valence-corrected chi connectivity index (χ2v) is 8.32. The summed E-state index contributed by atoms with van der Waals surface area (Å²) in [5, 5.41) is 9.05. The smallest absolute Gasteiger partial charge is 0.260 e. The van der Waals surface area contributed by atoms with Gasteiger partial charge >= 0.3 is 0 Å². The second kappa shape index (κ2) is 8.52. The maximum atomic E-state index is 12.5. The number of nitrogens with zero attached hydrogens (tertiary/aromatic N) is 2. The topological polar surface area (TPSA) is 96.7 Å². The lowest BCUT2D eigenvalue weighted by Gasteiger charge is -2.28. The Balaban J connectivity index is 2.03. The molecule has 2 rings (SSSR count). The minimum absolute atomic E-state index is 0.0416. The van der Waals surface area contributed by atoms with Gasteiger partial charge in [0.05, 0.1) is 34.8 Å². The molecule has 0 spiro atoms. The van der Waals surface area contributed by atoms with E-state index in [1.165, 1.54) is 30.2 Å². The summed E-state index contributed by atoms with van der Waals surface area (Å²) >= 11 is 6.02. The Morgan fingerprint density at radius 3 is 2.80 bits per heavy atom. The maximum absolute atomic E-state index is 12.5. The van der Waals surface area contributed by atoms with Crippen LogP contribution in [0.3, 0.4) is 0 Å². The summed E-state index contributed by atoms with van der Waals surface area (Å²) in [6.45, 7) is 0.325. The fraction of sp³-hybridized carbons (Fsp3) is 0.500. The van der Waals surface area contributed by atoms with Gasteiger partial charge in [-0.1, -0.05) is 11.6 Å². The van der Waals surface area contributed by atoms with E-state index in [2.05, 4.69) is 0 Å². The molecule has 1 aromatic rings. The predicted molar refractivity (Wildman–Crippen MR) is 92.3 cm³/mol. The third kappa shape index (κ3) is 5.33. The largest absolute Gasteiger partial charge is 0.482 e. The molecule has 1 aromatic carbocycles. The lowest BCUT2D eigenvalue weighted by Crippen LogP contribution is -2.45. The van der Waals surface area contributed by atoms with Crippen molar-refractivity contribution in [3.63, 3.8) is 0 Å². The fourth-order valence-corrected chi connectivity index (χ4v) is 4.60. The van der Waals surface area contributed by atoms with Crippen molar-refractivity contribution in [2.24, 2.45) is 0 Å². The SMILES string of the molecule is COCCN(C(=O)COc1ccc(C#N)cc1Cl)[C@@H]1CCS(=O)(=O)C1. The highest BCUT2D eigenvalue weighted by atomic mass is 35.5. The number of carbonyl (C=O) groups excluding carboxylic acids is 1. The van der Waals surface area contributed by atoms with Crippen LogP contribution in [0.2, 0.25) is 5.02 Å². The van der Waals surface area contributed by atoms with Crippen LogP contribution in [-0.4, -0.2) is 63.6 Å². The molecule has 0 unspecified atom stereocenters. The van der Waals surface area contributed by atoms with Crippen molar-refractivity contribution in [2.75, 3.05) is 38.4 Å². The average Bonchev–Trinajstić information content (AvgIpc) is 2.93. The summed E-state index contributed by atoms with van der Waals surface area (Å²) < 4.78 is 33.8. The Bertz CT molecular complexity index is 775. The highest BCUT2D eigenvalue weighted by Gasteiger charge is 2.34. The van der Waals surface area contributed by atoms with Gasteiger partial charge in [-0.3, -0.25) is 4.79 Å². The van der Waals surface area contributed by atoms with Crippen LogP contribution in [0.4, 0.5) is 0 Å². The first-order valence-electron chi connectivity index (χ1n) is 7.67. The number of methoxy groups -OCH3 is 1. The van der Waals surface area contributed by atoms with E-state index >= 15 is 0 Å². The molecular weight excluding hydrogens is 368 g/mol. The van der Waals surface area contributed by atoms with Crippen LogP contribution in [0.5, 0.6) is 5.75 Å². The molecule has 0 saturated carbocycles. The first-order chi connectivity index (χ1) is 11.9. The third-order valence-corrected chi connectivity index (χ3v) is 5.96. The van der Waals surface area contributed by atoms with Gasteiger partial charge in [0.25, 0.3) is 5.91 Å². The molecule has 0 bridgehead atoms. The van der Waals surface area contributed by atoms with Crippen molar-refractivity contribution >= 4 is 27.3 Å². The van der Waals surface area contributed by atoms with E-state index in [9.17, 15) is 13.2 Å². The van der Waals surface area contributed by atoms with Crippen LogP contribution in [0, 0.1) is 11.3 Å². The predicted octanol–water partition coefficient (Wildman–Crippen LogP) is 1.25. The number of hydrogen-bond donors (Lipinski definition) is 0. The summed E-state index contributed by atoms with van der Waals surface area (Å²) in [7, 11) is -1.59. The number of halogens is 1. The lowest BCUT2D eigenvalue weighted by molar-refractivity contribution is -0.136. The van der Waals surface area contributed by atoms with Gasteiger partial charge in [-0.25, -0.2) is 8.42 Å². The Kier molecular flexibility index (Phi) is 6.64. The van der Waals surface area contributed by atoms with Gasteiger partial charge < -0.3 is 14.4 Å². The fourth-order valence-electron chi connectivity index (χ4n) is 2.63. The molecule has 136 valence electrons. The normalized spacial score (nSPS) is 18.5. The second-order valence-electron chi connectivity index (χ2n) is 5.68. The summed E-state index contributed by atoms with van der Waals surface area (Å²) in [5.41, 5.74) is 0.390. The number of sulfone groups is 1. The third-order valence-electron chi connectivity index (χ3n) is 3.92. The number of hydrogen-bond acceptors (Lipinski definition) is 6. The zero-order chi connectivity index (χ0) is 18.4. The van der Waals surface area contributed by atoms with Crippen molar-refractivity contribution in [2.45, 2.75) is 12.5 Å². The summed E-state index contributed by atoms with van der Waals surface area (Å²) in [5.74, 6) is -0.00378. The number of benzene rings is 1. The number of ether oxygens (including phenoxy) is 2. The lowest BCUT2D eigenvalue weighted by atomic mass is 10.2. The van der Waals surface area contributed by atoms with Gasteiger partial charge in [-0.15, -0.1) is 0 Å². The molecule has 1 saturated heterocycles. The average molecular weight is 387 g/mol. The van der Waals surface area contributed by atoms with Crippen LogP contribution in [0.1, 0.15) is 12.0 Å². The van der Waals surface area contributed by atoms with E-state index in [0.717, 1.165) is 0 Å². The molecule has 1 aliphatic rings. The van der Waals surface area contributed by atoms with Gasteiger partial charge in [0, 0.05) is 19.7 Å². The Morgan fingerprint density at radius 1 is 1.48 bits per heavy atom. The first-order valence-corrected chi connectivity index (χ1v) is 9.87. The molecule has 1 amide bonds. The zero-order valence-corrected chi connectivity index (χ0v) is 15.3. The monoisotopic (exact) mass is 386 g/mol. The molecule has 7 nitrogen and oxygen atoms in total. The number of nitriles is 1. The van der Waals surface area contributed by atoms with Gasteiger partial charge in [-0.05, 0) is 24.6 Å². The molecule has 0 N–H and O–H groups in total. The van der Waals surface area contributed by atoms with Crippen LogP contribution < -0.4 is 4.74 Å².